The summed E-state index contributed by atoms with van der Waals surface area (Å²) >= 11 is 0. The van der Waals surface area contributed by atoms with Crippen molar-refractivity contribution in [3.8, 4) is 11.1 Å². The van der Waals surface area contributed by atoms with Crippen molar-refractivity contribution in [2.24, 2.45) is 0 Å². The molecule has 6 aromatic rings. The second-order valence-electron chi connectivity index (χ2n) is 13.3. The fourth-order valence-electron chi connectivity index (χ4n) is 6.34. The lowest BCUT2D eigenvalue weighted by molar-refractivity contribution is 0.0979. The lowest BCUT2D eigenvalue weighted by Gasteiger charge is -2.18. The van der Waals surface area contributed by atoms with E-state index in [4.69, 9.17) is 0 Å². The molecule has 0 bridgehead atoms. The first kappa shape index (κ1) is 63.0. The molecule has 0 aromatic heterocycles. The summed E-state index contributed by atoms with van der Waals surface area (Å²) in [5.74, 6) is -0.128. The normalized spacial score (nSPS) is 10.1. The number of hydrogen-bond donors (Lipinski definition) is 0. The lowest BCUT2D eigenvalue weighted by atomic mass is 9.84. The molecule has 2 heteroatoms. The Morgan fingerprint density at radius 2 is 0.391 bits per heavy atom. The number of hydrogen-bond acceptors (Lipinski definition) is 2. The fourth-order valence-corrected chi connectivity index (χ4v) is 6.34. The molecule has 0 atom stereocenters. The van der Waals surface area contributed by atoms with E-state index in [1.54, 1.807) is 48.5 Å². The Kier molecular flexibility index (Phi) is 41.0. The van der Waals surface area contributed by atoms with E-state index in [1.165, 1.54) is 63.8 Å². The Morgan fingerprint density at radius 3 is 0.594 bits per heavy atom. The van der Waals surface area contributed by atoms with Crippen LogP contribution in [0.3, 0.4) is 0 Å². The minimum atomic E-state index is -0.0641. The van der Waals surface area contributed by atoms with Crippen LogP contribution in [0.5, 0.6) is 0 Å². The van der Waals surface area contributed by atoms with Crippen LogP contribution in [0, 0.1) is 0 Å². The Labute approximate surface area is 395 Å². The number of benzene rings is 6. The molecule has 0 heterocycles. The van der Waals surface area contributed by atoms with Gasteiger partial charge in [-0.15, -0.1) is 0 Å². The zero-order valence-electron chi connectivity index (χ0n) is 43.9. The quantitative estimate of drug-likeness (QED) is 0.152. The molecule has 0 fully saturated rings. The zero-order valence-corrected chi connectivity index (χ0v) is 43.9. The van der Waals surface area contributed by atoms with Crippen molar-refractivity contribution in [3.05, 3.63) is 201 Å². The molecule has 0 aliphatic heterocycles. The molecular formula is C62H90O2. The van der Waals surface area contributed by atoms with Gasteiger partial charge in [0.2, 0.25) is 0 Å². The molecule has 0 radical (unpaired) electrons. The Hall–Kier alpha value is -5.34. The van der Waals surface area contributed by atoms with Gasteiger partial charge < -0.3 is 0 Å². The summed E-state index contributed by atoms with van der Waals surface area (Å²) in [5, 5.41) is 0. The molecule has 3 aliphatic carbocycles. The average Bonchev–Trinajstić information content (AvgIpc) is 3.76. The number of rotatable bonds is 0. The number of fused-ring (bicyclic) bond motifs is 7. The van der Waals surface area contributed by atoms with Gasteiger partial charge in [0.15, 0.2) is 11.6 Å². The van der Waals surface area contributed by atoms with Crippen LogP contribution in [0.25, 0.3) is 11.1 Å². The largest absolute Gasteiger partial charge is 0.289 e. The smallest absolute Gasteiger partial charge is 0.194 e. The van der Waals surface area contributed by atoms with Gasteiger partial charge in [-0.2, -0.15) is 0 Å². The molecule has 0 saturated heterocycles. The molecule has 2 nitrogen and oxygen atoms in total. The Morgan fingerprint density at radius 1 is 0.250 bits per heavy atom. The summed E-state index contributed by atoms with van der Waals surface area (Å²) in [6.45, 7) is 36.8. The van der Waals surface area contributed by atoms with Crippen LogP contribution >= 0.6 is 0 Å². The SMILES string of the molecule is CC.CC.CC.CC.CC.CC.CCC.CCC.CCC.O=C1c2ccccc2C(=O)c2ccccc21.c1ccc2c(c1)Cc1ccccc1-2.c1ccc2c(c1)Cc1ccccc1C2. The molecule has 350 valence electrons. The van der Waals surface area contributed by atoms with Crippen LogP contribution in [0.15, 0.2) is 146 Å². The molecule has 0 spiro atoms. The first-order valence-corrected chi connectivity index (χ1v) is 25.0. The predicted molar refractivity (Wildman–Crippen MR) is 289 cm³/mol. The van der Waals surface area contributed by atoms with E-state index in [0.717, 1.165) is 19.3 Å². The third-order valence-electron chi connectivity index (χ3n) is 8.54. The van der Waals surface area contributed by atoms with E-state index < -0.39 is 0 Å². The second-order valence-corrected chi connectivity index (χ2v) is 13.3. The van der Waals surface area contributed by atoms with Gasteiger partial charge in [0, 0.05) is 22.3 Å². The molecule has 64 heavy (non-hydrogen) atoms. The average molecular weight is 867 g/mol. The van der Waals surface area contributed by atoms with Gasteiger partial charge in [-0.25, -0.2) is 0 Å². The Bertz CT molecular complexity index is 1810. The maximum atomic E-state index is 12.1. The number of ketones is 2. The molecule has 3 aliphatic rings. The highest BCUT2D eigenvalue weighted by Gasteiger charge is 2.28. The number of carbonyl (C=O) groups excluding carboxylic acids is 2. The van der Waals surface area contributed by atoms with Crippen molar-refractivity contribution in [3.63, 3.8) is 0 Å². The topological polar surface area (TPSA) is 34.1 Å². The first-order chi connectivity index (χ1) is 31.4. The van der Waals surface area contributed by atoms with Crippen LogP contribution in [-0.2, 0) is 19.3 Å². The van der Waals surface area contributed by atoms with Gasteiger partial charge >= 0.3 is 0 Å². The maximum absolute atomic E-state index is 12.1. The van der Waals surface area contributed by atoms with Crippen molar-refractivity contribution in [2.45, 2.75) is 163 Å². The number of carbonyl (C=O) groups is 2. The summed E-state index contributed by atoms with van der Waals surface area (Å²) < 4.78 is 0. The van der Waals surface area contributed by atoms with Crippen LogP contribution in [0.4, 0.5) is 0 Å². The van der Waals surface area contributed by atoms with Crippen molar-refractivity contribution in [1.29, 1.82) is 0 Å². The third-order valence-corrected chi connectivity index (χ3v) is 8.54. The van der Waals surface area contributed by atoms with E-state index in [0.29, 0.717) is 22.3 Å². The minimum absolute atomic E-state index is 0.0641. The van der Waals surface area contributed by atoms with E-state index in [9.17, 15) is 9.59 Å². The minimum Gasteiger partial charge on any atom is -0.289 e. The standard InChI is InChI=1S/C14H8O2.C14H12.C13H10.3C3H8.6C2H6/c15-13-9-5-1-2-6-10(9)14(16)12-8-4-3-7-11(12)13;1-2-6-12-10-14-8-4-3-7-13(14)9-11(12)5-1;1-3-7-12-10(5-1)9-11-6-2-4-8-13(11)12;3*1-3-2;6*1-2/h1-8H;1-8H,9-10H2;1-8H,9H2;3*3H2,1-2H3;6*1-2H3. The van der Waals surface area contributed by atoms with Crippen molar-refractivity contribution in [1.82, 2.24) is 0 Å². The molecule has 0 saturated carbocycles. The van der Waals surface area contributed by atoms with Crippen LogP contribution in [0.1, 0.15) is 209 Å². The lowest BCUT2D eigenvalue weighted by Crippen LogP contribution is -2.20. The van der Waals surface area contributed by atoms with Crippen molar-refractivity contribution in [2.75, 3.05) is 0 Å². The molecule has 0 N–H and O–H groups in total. The summed E-state index contributed by atoms with van der Waals surface area (Å²) in [5.41, 5.74) is 13.7. The van der Waals surface area contributed by atoms with E-state index >= 15 is 0 Å². The van der Waals surface area contributed by atoms with Crippen LogP contribution in [0.2, 0.25) is 0 Å². The maximum Gasteiger partial charge on any atom is 0.194 e. The van der Waals surface area contributed by atoms with E-state index in [1.807, 2.05) is 83.1 Å². The zero-order chi connectivity index (χ0) is 49.3. The molecule has 6 aromatic carbocycles. The highest BCUT2D eigenvalue weighted by atomic mass is 16.1. The van der Waals surface area contributed by atoms with Crippen LogP contribution in [-0.4, -0.2) is 11.6 Å². The molecule has 0 unspecified atom stereocenters. The highest BCUT2D eigenvalue weighted by molar-refractivity contribution is 6.28. The molecule has 0 amide bonds. The molecular weight excluding hydrogens is 777 g/mol. The van der Waals surface area contributed by atoms with E-state index in [2.05, 4.69) is 139 Å². The van der Waals surface area contributed by atoms with Gasteiger partial charge in [-0.05, 0) is 63.8 Å². The summed E-state index contributed by atoms with van der Waals surface area (Å²) in [6.07, 6.45) is 7.06. The van der Waals surface area contributed by atoms with E-state index in [-0.39, 0.29) is 11.6 Å². The summed E-state index contributed by atoms with van der Waals surface area (Å²) in [6, 6.07) is 48.7. The summed E-state index contributed by atoms with van der Waals surface area (Å²) in [4.78, 5) is 24.2. The van der Waals surface area contributed by atoms with Gasteiger partial charge in [-0.1, -0.05) is 289 Å². The van der Waals surface area contributed by atoms with Crippen molar-refractivity contribution < 1.29 is 9.59 Å². The predicted octanol–water partition coefficient (Wildman–Crippen LogP) is 19.3. The monoisotopic (exact) mass is 867 g/mol. The van der Waals surface area contributed by atoms with Crippen molar-refractivity contribution >= 4 is 11.6 Å². The van der Waals surface area contributed by atoms with Gasteiger partial charge in [0.1, 0.15) is 0 Å². The molecule has 9 rings (SSSR count). The summed E-state index contributed by atoms with van der Waals surface area (Å²) in [7, 11) is 0. The third kappa shape index (κ3) is 20.4. The Balaban J connectivity index is -0.000000722. The van der Waals surface area contributed by atoms with Gasteiger partial charge in [0.25, 0.3) is 0 Å². The second kappa shape index (κ2) is 41.7. The van der Waals surface area contributed by atoms with Crippen LogP contribution < -0.4 is 0 Å². The van der Waals surface area contributed by atoms with Gasteiger partial charge in [0.05, 0.1) is 0 Å². The fraction of sp³-hybridized carbons (Fsp3) is 0.387. The first-order valence-electron chi connectivity index (χ1n) is 25.0. The van der Waals surface area contributed by atoms with Gasteiger partial charge in [-0.3, -0.25) is 9.59 Å². The highest BCUT2D eigenvalue weighted by Crippen LogP contribution is 2.35.